The fraction of sp³-hybridized carbons (Fsp3) is 0.391. The van der Waals surface area contributed by atoms with Gasteiger partial charge in [0.05, 0.1) is 29.8 Å². The van der Waals surface area contributed by atoms with Crippen LogP contribution < -0.4 is 9.80 Å². The van der Waals surface area contributed by atoms with Gasteiger partial charge >= 0.3 is 0 Å². The van der Waals surface area contributed by atoms with Gasteiger partial charge in [0.2, 0.25) is 0 Å². The molecule has 0 aliphatic carbocycles. The van der Waals surface area contributed by atoms with Crippen molar-refractivity contribution in [2.24, 2.45) is 0 Å². The highest BCUT2D eigenvalue weighted by molar-refractivity contribution is 6.31. The molecule has 7 heteroatoms. The van der Waals surface area contributed by atoms with Crippen LogP contribution in [-0.4, -0.2) is 54.5 Å². The Kier molecular flexibility index (Phi) is 5.23. The number of aromatic nitrogens is 2. The number of ether oxygens (including phenoxy) is 1. The van der Waals surface area contributed by atoms with Crippen molar-refractivity contribution in [3.05, 3.63) is 59.1 Å². The van der Waals surface area contributed by atoms with Crippen LogP contribution in [0.5, 0.6) is 0 Å². The molecule has 0 saturated carbocycles. The third-order valence-electron chi connectivity index (χ3n) is 6.11. The normalized spacial score (nSPS) is 19.3. The third-order valence-corrected chi connectivity index (χ3v) is 6.44. The number of nitrogens with zero attached hydrogens (tertiary/aromatic N) is 4. The number of halogens is 1. The molecule has 0 bridgehead atoms. The Bertz CT molecular complexity index is 1050. The highest BCUT2D eigenvalue weighted by Gasteiger charge is 2.37. The van der Waals surface area contributed by atoms with E-state index in [1.165, 1.54) is 0 Å². The van der Waals surface area contributed by atoms with Crippen LogP contribution >= 0.6 is 11.6 Å². The molecule has 3 heterocycles. The van der Waals surface area contributed by atoms with Crippen molar-refractivity contribution in [2.45, 2.75) is 18.4 Å². The third kappa shape index (κ3) is 3.60. The van der Waals surface area contributed by atoms with Gasteiger partial charge in [-0.05, 0) is 31.0 Å². The van der Waals surface area contributed by atoms with Gasteiger partial charge in [-0.3, -0.25) is 0 Å². The van der Waals surface area contributed by atoms with Crippen molar-refractivity contribution in [1.82, 2.24) is 9.97 Å². The molecule has 6 nitrogen and oxygen atoms in total. The summed E-state index contributed by atoms with van der Waals surface area (Å²) in [6.45, 7) is 4.37. The Morgan fingerprint density at radius 3 is 1.93 bits per heavy atom. The highest BCUT2D eigenvalue weighted by Crippen LogP contribution is 2.39. The number of para-hydroxylation sites is 2. The molecular weight excluding hydrogens is 400 g/mol. The largest absolute Gasteiger partial charge is 0.385 e. The van der Waals surface area contributed by atoms with E-state index >= 15 is 0 Å². The molecule has 30 heavy (non-hydrogen) atoms. The maximum absolute atomic E-state index is 11.3. The van der Waals surface area contributed by atoms with Crippen LogP contribution in [0.25, 0.3) is 11.0 Å². The van der Waals surface area contributed by atoms with Crippen molar-refractivity contribution < 1.29 is 9.84 Å². The van der Waals surface area contributed by atoms with Gasteiger partial charge in [-0.2, -0.15) is 0 Å². The van der Waals surface area contributed by atoms with E-state index in [2.05, 4.69) is 9.80 Å². The molecule has 2 fully saturated rings. The molecular formula is C23H25ClN4O2. The lowest BCUT2D eigenvalue weighted by atomic mass is 9.84. The zero-order valence-electron chi connectivity index (χ0n) is 16.8. The summed E-state index contributed by atoms with van der Waals surface area (Å²) in [6.07, 6.45) is 1.18. The fourth-order valence-corrected chi connectivity index (χ4v) is 4.69. The van der Waals surface area contributed by atoms with Gasteiger partial charge in [0.25, 0.3) is 0 Å². The molecule has 0 amide bonds. The maximum atomic E-state index is 11.3. The summed E-state index contributed by atoms with van der Waals surface area (Å²) in [5.74, 6) is 1.79. The van der Waals surface area contributed by atoms with Crippen LogP contribution in [-0.2, 0) is 10.3 Å². The number of anilines is 2. The molecule has 5 rings (SSSR count). The van der Waals surface area contributed by atoms with Gasteiger partial charge in [-0.15, -0.1) is 0 Å². The van der Waals surface area contributed by atoms with Crippen LogP contribution in [0.3, 0.4) is 0 Å². The standard InChI is InChI=1S/C23H25ClN4O2/c24-18-6-2-1-5-17(18)23(29)9-11-27(12-10-23)21-22(28-13-15-30-16-14-28)26-20-8-4-3-7-19(20)25-21/h1-8,29H,9-16H2. The number of rotatable bonds is 3. The SMILES string of the molecule is OC1(c2ccccc2Cl)CCN(c2nc3ccccc3nc2N2CCOCC2)CC1. The lowest BCUT2D eigenvalue weighted by Gasteiger charge is -2.40. The molecule has 0 radical (unpaired) electrons. The molecule has 3 aromatic rings. The second-order valence-electron chi connectivity index (χ2n) is 7.96. The lowest BCUT2D eigenvalue weighted by Crippen LogP contribution is -2.44. The first-order chi connectivity index (χ1) is 14.6. The number of morpholine rings is 1. The molecule has 156 valence electrons. The molecule has 2 aromatic carbocycles. The number of benzene rings is 2. The van der Waals surface area contributed by atoms with Gasteiger partial charge < -0.3 is 19.6 Å². The topological polar surface area (TPSA) is 61.7 Å². The summed E-state index contributed by atoms with van der Waals surface area (Å²) >= 11 is 6.38. The zero-order chi connectivity index (χ0) is 20.6. The van der Waals surface area contributed by atoms with Gasteiger partial charge in [-0.25, -0.2) is 9.97 Å². The maximum Gasteiger partial charge on any atom is 0.172 e. The zero-order valence-corrected chi connectivity index (χ0v) is 17.6. The van der Waals surface area contributed by atoms with E-state index in [9.17, 15) is 5.11 Å². The Labute approximate surface area is 181 Å². The van der Waals surface area contributed by atoms with E-state index in [-0.39, 0.29) is 0 Å². The van der Waals surface area contributed by atoms with Crippen molar-refractivity contribution in [2.75, 3.05) is 49.2 Å². The Morgan fingerprint density at radius 2 is 1.33 bits per heavy atom. The monoisotopic (exact) mass is 424 g/mol. The summed E-state index contributed by atoms with van der Waals surface area (Å²) in [5, 5.41) is 11.9. The first-order valence-corrected chi connectivity index (χ1v) is 10.8. The Morgan fingerprint density at radius 1 is 0.800 bits per heavy atom. The molecule has 1 aromatic heterocycles. The second-order valence-corrected chi connectivity index (χ2v) is 8.36. The lowest BCUT2D eigenvalue weighted by molar-refractivity contribution is 0.0118. The highest BCUT2D eigenvalue weighted by atomic mass is 35.5. The van der Waals surface area contributed by atoms with E-state index in [0.717, 1.165) is 41.3 Å². The molecule has 0 spiro atoms. The number of fused-ring (bicyclic) bond motifs is 1. The minimum Gasteiger partial charge on any atom is -0.385 e. The first kappa shape index (κ1) is 19.5. The minimum absolute atomic E-state index is 0.591. The van der Waals surface area contributed by atoms with E-state index < -0.39 is 5.60 Å². The van der Waals surface area contributed by atoms with E-state index in [1.807, 2.05) is 48.5 Å². The summed E-state index contributed by atoms with van der Waals surface area (Å²) < 4.78 is 5.53. The van der Waals surface area contributed by atoms with Crippen LogP contribution in [0, 0.1) is 0 Å². The molecule has 2 aliphatic rings. The first-order valence-electron chi connectivity index (χ1n) is 10.5. The van der Waals surface area contributed by atoms with Crippen molar-refractivity contribution in [3.8, 4) is 0 Å². The van der Waals surface area contributed by atoms with E-state index in [1.54, 1.807) is 0 Å². The van der Waals surface area contributed by atoms with Gasteiger partial charge in [0.1, 0.15) is 0 Å². The minimum atomic E-state index is -0.918. The summed E-state index contributed by atoms with van der Waals surface area (Å²) in [4.78, 5) is 14.5. The number of aliphatic hydroxyl groups is 1. The van der Waals surface area contributed by atoms with Crippen molar-refractivity contribution in [3.63, 3.8) is 0 Å². The van der Waals surface area contributed by atoms with E-state index in [4.69, 9.17) is 26.3 Å². The number of hydrogen-bond acceptors (Lipinski definition) is 6. The predicted octanol–water partition coefficient (Wildman–Crippen LogP) is 3.61. The Hall–Kier alpha value is -2.41. The van der Waals surface area contributed by atoms with Crippen molar-refractivity contribution in [1.29, 1.82) is 0 Å². The van der Waals surface area contributed by atoms with Crippen molar-refractivity contribution >= 4 is 34.3 Å². The van der Waals surface area contributed by atoms with Crippen LogP contribution in [0.1, 0.15) is 18.4 Å². The summed E-state index contributed by atoms with van der Waals surface area (Å²) in [7, 11) is 0. The van der Waals surface area contributed by atoms with Gasteiger partial charge in [0.15, 0.2) is 11.6 Å². The smallest absolute Gasteiger partial charge is 0.172 e. The summed E-state index contributed by atoms with van der Waals surface area (Å²) in [5.41, 5.74) is 1.67. The van der Waals surface area contributed by atoms with Crippen LogP contribution in [0.4, 0.5) is 11.6 Å². The summed E-state index contributed by atoms with van der Waals surface area (Å²) in [6, 6.07) is 15.6. The van der Waals surface area contributed by atoms with E-state index in [0.29, 0.717) is 44.2 Å². The fourth-order valence-electron chi connectivity index (χ4n) is 4.38. The molecule has 1 N–H and O–H groups in total. The Balaban J connectivity index is 1.47. The van der Waals surface area contributed by atoms with Crippen LogP contribution in [0.15, 0.2) is 48.5 Å². The molecule has 0 unspecified atom stereocenters. The number of hydrogen-bond donors (Lipinski definition) is 1. The second kappa shape index (κ2) is 8.02. The average Bonchev–Trinajstić information content (AvgIpc) is 2.79. The molecule has 2 saturated heterocycles. The predicted molar refractivity (Wildman–Crippen MR) is 119 cm³/mol. The van der Waals surface area contributed by atoms with Gasteiger partial charge in [0, 0.05) is 36.8 Å². The van der Waals surface area contributed by atoms with Gasteiger partial charge in [-0.1, -0.05) is 41.9 Å². The molecule has 2 aliphatic heterocycles. The average molecular weight is 425 g/mol. The number of piperidine rings is 1. The molecule has 0 atom stereocenters. The van der Waals surface area contributed by atoms with Crippen LogP contribution in [0.2, 0.25) is 5.02 Å². The quantitative estimate of drug-likeness (QED) is 0.693.